The van der Waals surface area contributed by atoms with Crippen LogP contribution >= 0.6 is 0 Å². The summed E-state index contributed by atoms with van der Waals surface area (Å²) in [5, 5.41) is 0. The minimum absolute atomic E-state index is 0.0820. The third kappa shape index (κ3) is 3.32. The van der Waals surface area contributed by atoms with E-state index in [0.29, 0.717) is 25.4 Å². The Balaban J connectivity index is 2.55. The van der Waals surface area contributed by atoms with Crippen LogP contribution in [0.3, 0.4) is 0 Å². The summed E-state index contributed by atoms with van der Waals surface area (Å²) in [5.41, 5.74) is 0. The summed E-state index contributed by atoms with van der Waals surface area (Å²) in [7, 11) is 0. The molecule has 0 radical (unpaired) electrons. The first-order valence-electron chi connectivity index (χ1n) is 6.25. The average Bonchev–Trinajstić information content (AvgIpc) is 2.57. The number of esters is 1. The lowest BCUT2D eigenvalue weighted by molar-refractivity contribution is -0.150. The van der Waals surface area contributed by atoms with Crippen LogP contribution in [-0.4, -0.2) is 18.4 Å². The predicted octanol–water partition coefficient (Wildman–Crippen LogP) is 2.58. The van der Waals surface area contributed by atoms with Gasteiger partial charge >= 0.3 is 5.97 Å². The van der Waals surface area contributed by atoms with E-state index in [1.165, 1.54) is 0 Å². The lowest BCUT2D eigenvalue weighted by atomic mass is 9.88. The number of Topliss-reactive ketones (excluding diaryl/α,β-unsaturated/α-hetero) is 1. The molecular formula is C13H22O3. The number of ketones is 1. The van der Waals surface area contributed by atoms with Gasteiger partial charge in [-0.05, 0) is 25.7 Å². The smallest absolute Gasteiger partial charge is 0.309 e. The van der Waals surface area contributed by atoms with Crippen molar-refractivity contribution in [3.63, 3.8) is 0 Å². The lowest BCUT2D eigenvalue weighted by Crippen LogP contribution is -2.25. The molecule has 1 rings (SSSR count). The second kappa shape index (κ2) is 6.02. The molecule has 1 fully saturated rings. The van der Waals surface area contributed by atoms with Crippen molar-refractivity contribution in [1.29, 1.82) is 0 Å². The van der Waals surface area contributed by atoms with Gasteiger partial charge in [-0.2, -0.15) is 0 Å². The fourth-order valence-electron chi connectivity index (χ4n) is 2.32. The molecule has 0 aromatic carbocycles. The topological polar surface area (TPSA) is 43.4 Å². The summed E-state index contributed by atoms with van der Waals surface area (Å²) < 4.78 is 5.02. The Kier molecular flexibility index (Phi) is 4.97. The molecular weight excluding hydrogens is 204 g/mol. The highest BCUT2D eigenvalue weighted by Crippen LogP contribution is 2.33. The normalized spacial score (nSPS) is 25.1. The van der Waals surface area contributed by atoms with Crippen LogP contribution < -0.4 is 0 Å². The molecule has 0 aromatic rings. The highest BCUT2D eigenvalue weighted by molar-refractivity contribution is 5.90. The predicted molar refractivity (Wildman–Crippen MR) is 61.9 cm³/mol. The Morgan fingerprint density at radius 3 is 2.75 bits per heavy atom. The van der Waals surface area contributed by atoms with Gasteiger partial charge in [-0.3, -0.25) is 9.59 Å². The maximum absolute atomic E-state index is 11.7. The van der Waals surface area contributed by atoms with Crippen molar-refractivity contribution in [2.75, 3.05) is 6.61 Å². The molecule has 0 heterocycles. The van der Waals surface area contributed by atoms with Gasteiger partial charge in [0.15, 0.2) is 0 Å². The molecule has 1 aliphatic carbocycles. The number of carbonyl (C=O) groups is 2. The largest absolute Gasteiger partial charge is 0.466 e. The van der Waals surface area contributed by atoms with Crippen LogP contribution in [0, 0.1) is 17.8 Å². The third-order valence-electron chi connectivity index (χ3n) is 3.25. The quantitative estimate of drug-likeness (QED) is 0.677. The van der Waals surface area contributed by atoms with Gasteiger partial charge in [-0.15, -0.1) is 0 Å². The van der Waals surface area contributed by atoms with Crippen molar-refractivity contribution in [2.24, 2.45) is 17.8 Å². The third-order valence-corrected chi connectivity index (χ3v) is 3.25. The molecule has 0 amide bonds. The standard InChI is InChI=1S/C13H22O3/c1-4-16-13(15)11-7-8-12(14)10(11)6-5-9(2)3/h9-11H,4-8H2,1-3H3. The summed E-state index contributed by atoms with van der Waals surface area (Å²) in [6.07, 6.45) is 3.07. The molecule has 2 unspecified atom stereocenters. The van der Waals surface area contributed by atoms with Gasteiger partial charge in [-0.1, -0.05) is 20.3 Å². The van der Waals surface area contributed by atoms with Crippen LogP contribution in [0.4, 0.5) is 0 Å². The first-order chi connectivity index (χ1) is 7.56. The van der Waals surface area contributed by atoms with Gasteiger partial charge in [0, 0.05) is 12.3 Å². The van der Waals surface area contributed by atoms with E-state index in [1.54, 1.807) is 6.92 Å². The van der Waals surface area contributed by atoms with Crippen molar-refractivity contribution in [2.45, 2.75) is 46.5 Å². The van der Waals surface area contributed by atoms with Crippen LogP contribution in [0.1, 0.15) is 46.5 Å². The summed E-state index contributed by atoms with van der Waals surface area (Å²) in [6, 6.07) is 0. The molecule has 0 aromatic heterocycles. The Hall–Kier alpha value is -0.860. The van der Waals surface area contributed by atoms with Crippen molar-refractivity contribution in [3.05, 3.63) is 0 Å². The molecule has 0 N–H and O–H groups in total. The minimum Gasteiger partial charge on any atom is -0.466 e. The molecule has 3 heteroatoms. The number of hydrogen-bond donors (Lipinski definition) is 0. The van der Waals surface area contributed by atoms with E-state index in [9.17, 15) is 9.59 Å². The SMILES string of the molecule is CCOC(=O)C1CCC(=O)C1CCC(C)C. The van der Waals surface area contributed by atoms with E-state index >= 15 is 0 Å². The molecule has 0 spiro atoms. The molecule has 16 heavy (non-hydrogen) atoms. The molecule has 0 aliphatic heterocycles. The second-order valence-corrected chi connectivity index (χ2v) is 4.94. The minimum atomic E-state index is -0.179. The van der Waals surface area contributed by atoms with Gasteiger partial charge in [0.1, 0.15) is 5.78 Å². The van der Waals surface area contributed by atoms with Crippen molar-refractivity contribution < 1.29 is 14.3 Å². The summed E-state index contributed by atoms with van der Waals surface area (Å²) in [5.74, 6) is 0.393. The zero-order valence-electron chi connectivity index (χ0n) is 10.5. The van der Waals surface area contributed by atoms with Gasteiger partial charge in [-0.25, -0.2) is 0 Å². The summed E-state index contributed by atoms with van der Waals surface area (Å²) in [6.45, 7) is 6.48. The van der Waals surface area contributed by atoms with Crippen LogP contribution in [0.15, 0.2) is 0 Å². The number of ether oxygens (including phenoxy) is 1. The first kappa shape index (κ1) is 13.2. The van der Waals surface area contributed by atoms with E-state index in [2.05, 4.69) is 13.8 Å². The fraction of sp³-hybridized carbons (Fsp3) is 0.846. The summed E-state index contributed by atoms with van der Waals surface area (Å²) in [4.78, 5) is 23.4. The molecule has 92 valence electrons. The number of hydrogen-bond acceptors (Lipinski definition) is 3. The lowest BCUT2D eigenvalue weighted by Gasteiger charge is -2.17. The molecule has 3 nitrogen and oxygen atoms in total. The van der Waals surface area contributed by atoms with Crippen LogP contribution in [0.5, 0.6) is 0 Å². The Bertz CT molecular complexity index is 258. The van der Waals surface area contributed by atoms with Gasteiger partial charge < -0.3 is 4.74 Å². The van der Waals surface area contributed by atoms with E-state index < -0.39 is 0 Å². The zero-order valence-corrected chi connectivity index (χ0v) is 10.5. The van der Waals surface area contributed by atoms with Gasteiger partial charge in [0.2, 0.25) is 0 Å². The monoisotopic (exact) mass is 226 g/mol. The highest BCUT2D eigenvalue weighted by Gasteiger charge is 2.39. The summed E-state index contributed by atoms with van der Waals surface area (Å²) >= 11 is 0. The maximum atomic E-state index is 11.7. The van der Waals surface area contributed by atoms with Crippen molar-refractivity contribution >= 4 is 11.8 Å². The van der Waals surface area contributed by atoms with Gasteiger partial charge in [0.05, 0.1) is 12.5 Å². The second-order valence-electron chi connectivity index (χ2n) is 4.94. The highest BCUT2D eigenvalue weighted by atomic mass is 16.5. The van der Waals surface area contributed by atoms with Crippen molar-refractivity contribution in [3.8, 4) is 0 Å². The van der Waals surface area contributed by atoms with Crippen LogP contribution in [0.25, 0.3) is 0 Å². The van der Waals surface area contributed by atoms with E-state index in [0.717, 1.165) is 12.8 Å². The van der Waals surface area contributed by atoms with Crippen LogP contribution in [-0.2, 0) is 14.3 Å². The van der Waals surface area contributed by atoms with E-state index in [4.69, 9.17) is 4.74 Å². The Morgan fingerprint density at radius 2 is 2.19 bits per heavy atom. The van der Waals surface area contributed by atoms with E-state index in [-0.39, 0.29) is 23.6 Å². The van der Waals surface area contributed by atoms with Crippen LogP contribution in [0.2, 0.25) is 0 Å². The van der Waals surface area contributed by atoms with Crippen molar-refractivity contribution in [1.82, 2.24) is 0 Å². The first-order valence-corrected chi connectivity index (χ1v) is 6.25. The molecule has 0 bridgehead atoms. The van der Waals surface area contributed by atoms with Gasteiger partial charge in [0.25, 0.3) is 0 Å². The maximum Gasteiger partial charge on any atom is 0.309 e. The fourth-order valence-corrected chi connectivity index (χ4v) is 2.32. The Labute approximate surface area is 97.5 Å². The zero-order chi connectivity index (χ0) is 12.1. The average molecular weight is 226 g/mol. The molecule has 2 atom stereocenters. The number of carbonyl (C=O) groups excluding carboxylic acids is 2. The molecule has 0 saturated heterocycles. The van der Waals surface area contributed by atoms with E-state index in [1.807, 2.05) is 0 Å². The molecule has 1 saturated carbocycles. The number of rotatable bonds is 5. The molecule has 1 aliphatic rings. The Morgan fingerprint density at radius 1 is 1.50 bits per heavy atom.